The van der Waals surface area contributed by atoms with Crippen molar-refractivity contribution in [2.24, 2.45) is 0 Å². The summed E-state index contributed by atoms with van der Waals surface area (Å²) in [7, 11) is 5.55. The molecule has 1 unspecified atom stereocenters. The summed E-state index contributed by atoms with van der Waals surface area (Å²) in [5.74, 6) is 0.541. The van der Waals surface area contributed by atoms with Gasteiger partial charge in [-0.3, -0.25) is 9.59 Å². The van der Waals surface area contributed by atoms with Crippen LogP contribution < -0.4 is 10.1 Å². The Morgan fingerprint density at radius 3 is 2.23 bits per heavy atom. The first-order valence-corrected chi connectivity index (χ1v) is 8.66. The van der Waals surface area contributed by atoms with Gasteiger partial charge in [-0.1, -0.05) is 30.3 Å². The first kappa shape index (κ1) is 19.7. The second kappa shape index (κ2) is 9.73. The highest BCUT2D eigenvalue weighted by molar-refractivity contribution is 5.98. The number of ether oxygens (including phenoxy) is 1. The molecule has 0 bridgehead atoms. The van der Waals surface area contributed by atoms with Crippen LogP contribution in [0.1, 0.15) is 34.8 Å². The fourth-order valence-electron chi connectivity index (χ4n) is 2.72. The van der Waals surface area contributed by atoms with Crippen LogP contribution in [0.2, 0.25) is 0 Å². The van der Waals surface area contributed by atoms with Crippen molar-refractivity contribution in [1.82, 2.24) is 10.2 Å². The van der Waals surface area contributed by atoms with Gasteiger partial charge in [-0.25, -0.2) is 0 Å². The second-order valence-electron chi connectivity index (χ2n) is 6.35. The number of likely N-dealkylation sites (N-methyl/N-ethyl adjacent to an activating group) is 1. The SMILES string of the molecule is COc1ccc(C(=O)CCC(=O)NCC(c2ccccc2)N(C)C)cc1. The first-order valence-electron chi connectivity index (χ1n) is 8.66. The molecule has 5 heteroatoms. The summed E-state index contributed by atoms with van der Waals surface area (Å²) in [4.78, 5) is 26.4. The van der Waals surface area contributed by atoms with E-state index in [2.05, 4.69) is 10.2 Å². The third-order valence-electron chi connectivity index (χ3n) is 4.29. The Kier molecular flexibility index (Phi) is 7.36. The number of hydrogen-bond donors (Lipinski definition) is 1. The fraction of sp³-hybridized carbons (Fsp3) is 0.333. The van der Waals surface area contributed by atoms with Gasteiger partial charge in [-0.2, -0.15) is 0 Å². The average molecular weight is 354 g/mol. The third-order valence-corrected chi connectivity index (χ3v) is 4.29. The van der Waals surface area contributed by atoms with Crippen LogP contribution in [-0.2, 0) is 4.79 Å². The van der Waals surface area contributed by atoms with E-state index in [4.69, 9.17) is 4.74 Å². The highest BCUT2D eigenvalue weighted by atomic mass is 16.5. The molecule has 0 saturated carbocycles. The maximum atomic E-state index is 12.2. The van der Waals surface area contributed by atoms with E-state index in [1.807, 2.05) is 44.4 Å². The van der Waals surface area contributed by atoms with Crippen LogP contribution in [0.25, 0.3) is 0 Å². The molecule has 0 heterocycles. The van der Waals surface area contributed by atoms with Crippen LogP contribution in [0.5, 0.6) is 5.75 Å². The summed E-state index contributed by atoms with van der Waals surface area (Å²) in [6.45, 7) is 0.507. The highest BCUT2D eigenvalue weighted by Crippen LogP contribution is 2.17. The standard InChI is InChI=1S/C21H26N2O3/c1-23(2)19(16-7-5-4-6-8-16)15-22-21(25)14-13-20(24)17-9-11-18(26-3)12-10-17/h4-12,19H,13-15H2,1-3H3,(H,22,25). The second-order valence-corrected chi connectivity index (χ2v) is 6.35. The van der Waals surface area contributed by atoms with E-state index in [1.165, 1.54) is 0 Å². The number of benzene rings is 2. The van der Waals surface area contributed by atoms with Crippen molar-refractivity contribution in [2.75, 3.05) is 27.7 Å². The zero-order valence-corrected chi connectivity index (χ0v) is 15.6. The minimum atomic E-state index is -0.116. The summed E-state index contributed by atoms with van der Waals surface area (Å²) in [5, 5.41) is 2.93. The van der Waals surface area contributed by atoms with Gasteiger partial charge in [-0.15, -0.1) is 0 Å². The molecule has 1 amide bonds. The van der Waals surface area contributed by atoms with Gasteiger partial charge in [-0.05, 0) is 43.9 Å². The smallest absolute Gasteiger partial charge is 0.220 e. The molecule has 1 N–H and O–H groups in total. The molecule has 0 saturated heterocycles. The average Bonchev–Trinajstić information content (AvgIpc) is 2.67. The van der Waals surface area contributed by atoms with Gasteiger partial charge >= 0.3 is 0 Å². The Morgan fingerprint density at radius 1 is 1.00 bits per heavy atom. The quantitative estimate of drug-likeness (QED) is 0.703. The van der Waals surface area contributed by atoms with Crippen molar-refractivity contribution in [3.8, 4) is 5.75 Å². The Hall–Kier alpha value is -2.66. The molecule has 0 fully saturated rings. The van der Waals surface area contributed by atoms with Crippen LogP contribution in [0, 0.1) is 0 Å². The van der Waals surface area contributed by atoms with Crippen molar-refractivity contribution in [2.45, 2.75) is 18.9 Å². The van der Waals surface area contributed by atoms with Crippen molar-refractivity contribution < 1.29 is 14.3 Å². The third kappa shape index (κ3) is 5.70. The summed E-state index contributed by atoms with van der Waals surface area (Å²) in [6.07, 6.45) is 0.371. The molecule has 26 heavy (non-hydrogen) atoms. The summed E-state index contributed by atoms with van der Waals surface area (Å²) < 4.78 is 5.08. The predicted octanol–water partition coefficient (Wildman–Crippen LogP) is 3.08. The number of methoxy groups -OCH3 is 1. The van der Waals surface area contributed by atoms with Crippen LogP contribution >= 0.6 is 0 Å². The Morgan fingerprint density at radius 2 is 1.65 bits per heavy atom. The van der Waals surface area contributed by atoms with Gasteiger partial charge in [0.2, 0.25) is 5.91 Å². The lowest BCUT2D eigenvalue weighted by Gasteiger charge is -2.25. The fourth-order valence-corrected chi connectivity index (χ4v) is 2.72. The minimum Gasteiger partial charge on any atom is -0.497 e. The zero-order chi connectivity index (χ0) is 18.9. The van der Waals surface area contributed by atoms with Crippen LogP contribution in [0.4, 0.5) is 0 Å². The van der Waals surface area contributed by atoms with Gasteiger partial charge in [0.25, 0.3) is 0 Å². The number of nitrogens with one attached hydrogen (secondary N) is 1. The predicted molar refractivity (Wildman–Crippen MR) is 102 cm³/mol. The molecule has 1 atom stereocenters. The number of ketones is 1. The van der Waals surface area contributed by atoms with E-state index >= 15 is 0 Å². The number of hydrogen-bond acceptors (Lipinski definition) is 4. The molecule has 0 aliphatic carbocycles. The molecule has 0 aliphatic heterocycles. The number of amides is 1. The van der Waals surface area contributed by atoms with Crippen molar-refractivity contribution in [3.05, 3.63) is 65.7 Å². The lowest BCUT2D eigenvalue weighted by Crippen LogP contribution is -2.34. The Labute approximate surface area is 155 Å². The van der Waals surface area contributed by atoms with Gasteiger partial charge in [0.1, 0.15) is 5.75 Å². The first-order chi connectivity index (χ1) is 12.5. The van der Waals surface area contributed by atoms with E-state index in [9.17, 15) is 9.59 Å². The Balaban J connectivity index is 1.83. The molecule has 2 rings (SSSR count). The molecule has 2 aromatic rings. The van der Waals surface area contributed by atoms with E-state index < -0.39 is 0 Å². The number of carbonyl (C=O) groups excluding carboxylic acids is 2. The molecule has 2 aromatic carbocycles. The largest absolute Gasteiger partial charge is 0.497 e. The number of rotatable bonds is 9. The van der Waals surface area contributed by atoms with E-state index in [-0.39, 0.29) is 30.6 Å². The molecule has 0 aromatic heterocycles. The van der Waals surface area contributed by atoms with Crippen molar-refractivity contribution >= 4 is 11.7 Å². The molecular formula is C21H26N2O3. The molecule has 0 spiro atoms. The maximum absolute atomic E-state index is 12.2. The number of nitrogens with zero attached hydrogens (tertiary/aromatic N) is 1. The number of Topliss-reactive ketones (excluding diaryl/α,β-unsaturated/α-hetero) is 1. The minimum absolute atomic E-state index is 0.0463. The molecular weight excluding hydrogens is 328 g/mol. The van der Waals surface area contributed by atoms with Crippen LogP contribution in [0.3, 0.4) is 0 Å². The van der Waals surface area contributed by atoms with Crippen molar-refractivity contribution in [3.63, 3.8) is 0 Å². The van der Waals surface area contributed by atoms with Gasteiger partial charge < -0.3 is 15.0 Å². The Bertz CT molecular complexity index is 712. The molecule has 5 nitrogen and oxygen atoms in total. The highest BCUT2D eigenvalue weighted by Gasteiger charge is 2.15. The van der Waals surface area contributed by atoms with Gasteiger partial charge in [0.05, 0.1) is 13.2 Å². The normalized spacial score (nSPS) is 11.8. The molecule has 138 valence electrons. The van der Waals surface area contributed by atoms with E-state index in [0.29, 0.717) is 17.9 Å². The summed E-state index contributed by atoms with van der Waals surface area (Å²) in [5.41, 5.74) is 1.74. The molecule has 0 aliphatic rings. The lowest BCUT2D eigenvalue weighted by molar-refractivity contribution is -0.121. The number of carbonyl (C=O) groups is 2. The van der Waals surface area contributed by atoms with Crippen molar-refractivity contribution in [1.29, 1.82) is 0 Å². The maximum Gasteiger partial charge on any atom is 0.220 e. The summed E-state index contributed by atoms with van der Waals surface area (Å²) in [6, 6.07) is 17.1. The van der Waals surface area contributed by atoms with E-state index in [1.54, 1.807) is 31.4 Å². The molecule has 0 radical (unpaired) electrons. The van der Waals surface area contributed by atoms with Gasteiger partial charge in [0, 0.05) is 24.9 Å². The lowest BCUT2D eigenvalue weighted by atomic mass is 10.1. The summed E-state index contributed by atoms with van der Waals surface area (Å²) >= 11 is 0. The van der Waals surface area contributed by atoms with Crippen LogP contribution in [-0.4, -0.2) is 44.3 Å². The van der Waals surface area contributed by atoms with E-state index in [0.717, 1.165) is 5.56 Å². The van der Waals surface area contributed by atoms with Crippen LogP contribution in [0.15, 0.2) is 54.6 Å². The zero-order valence-electron chi connectivity index (χ0n) is 15.6. The monoisotopic (exact) mass is 354 g/mol. The topological polar surface area (TPSA) is 58.6 Å². The van der Waals surface area contributed by atoms with Gasteiger partial charge in [0.15, 0.2) is 5.78 Å².